The topological polar surface area (TPSA) is 24.9 Å². The maximum Gasteiger partial charge on any atom is 0.109 e. The van der Waals surface area contributed by atoms with Crippen molar-refractivity contribution >= 4 is 11.3 Å². The maximum absolute atomic E-state index is 4.46. The first-order chi connectivity index (χ1) is 7.90. The molecule has 1 atom stereocenters. The van der Waals surface area contributed by atoms with Crippen LogP contribution in [0.4, 0.5) is 0 Å². The molecule has 0 radical (unpaired) electrons. The highest BCUT2D eigenvalue weighted by molar-refractivity contribution is 7.09. The van der Waals surface area contributed by atoms with Crippen molar-refractivity contribution in [3.8, 4) is 0 Å². The number of hydrogen-bond donors (Lipinski definition) is 1. The summed E-state index contributed by atoms with van der Waals surface area (Å²) in [5, 5.41) is 6.93. The van der Waals surface area contributed by atoms with E-state index >= 15 is 0 Å². The molecule has 1 saturated carbocycles. The standard InChI is InChI=1S/C13H22N2S/c1-2-14-12(13-15-8-9-16-13)10-11-6-4-3-5-7-11/h8-9,11-12,14H,2-7,10H2,1H3. The lowest BCUT2D eigenvalue weighted by molar-refractivity contribution is 0.301. The minimum absolute atomic E-state index is 0.494. The smallest absolute Gasteiger partial charge is 0.109 e. The Bertz CT molecular complexity index is 278. The van der Waals surface area contributed by atoms with Crippen molar-refractivity contribution in [2.45, 2.75) is 51.5 Å². The zero-order chi connectivity index (χ0) is 11.2. The predicted octanol–water partition coefficient (Wildman–Crippen LogP) is 3.76. The second-order valence-corrected chi connectivity index (χ2v) is 5.65. The number of rotatable bonds is 5. The molecule has 90 valence electrons. The molecule has 0 amide bonds. The Labute approximate surface area is 102 Å². The van der Waals surface area contributed by atoms with Crippen molar-refractivity contribution in [2.75, 3.05) is 6.54 Å². The van der Waals surface area contributed by atoms with Gasteiger partial charge in [0, 0.05) is 11.6 Å². The van der Waals surface area contributed by atoms with E-state index in [-0.39, 0.29) is 0 Å². The molecule has 1 N–H and O–H groups in total. The molecule has 1 aliphatic carbocycles. The average molecular weight is 238 g/mol. The fraction of sp³-hybridized carbons (Fsp3) is 0.769. The van der Waals surface area contributed by atoms with Crippen molar-refractivity contribution in [3.05, 3.63) is 16.6 Å². The lowest BCUT2D eigenvalue weighted by Gasteiger charge is -2.25. The molecule has 0 saturated heterocycles. The van der Waals surface area contributed by atoms with Gasteiger partial charge in [0.25, 0.3) is 0 Å². The number of nitrogens with zero attached hydrogens (tertiary/aromatic N) is 1. The summed E-state index contributed by atoms with van der Waals surface area (Å²) in [5.41, 5.74) is 0. The Morgan fingerprint density at radius 1 is 1.44 bits per heavy atom. The van der Waals surface area contributed by atoms with Gasteiger partial charge < -0.3 is 5.32 Å². The van der Waals surface area contributed by atoms with Crippen LogP contribution in [0.15, 0.2) is 11.6 Å². The second kappa shape index (κ2) is 6.36. The minimum atomic E-state index is 0.494. The summed E-state index contributed by atoms with van der Waals surface area (Å²) >= 11 is 1.79. The third-order valence-corrected chi connectivity index (χ3v) is 4.38. The van der Waals surface area contributed by atoms with E-state index in [1.165, 1.54) is 43.5 Å². The lowest BCUT2D eigenvalue weighted by atomic mass is 9.85. The summed E-state index contributed by atoms with van der Waals surface area (Å²) in [6, 6.07) is 0.494. The zero-order valence-electron chi connectivity index (χ0n) is 10.1. The summed E-state index contributed by atoms with van der Waals surface area (Å²) in [4.78, 5) is 4.46. The maximum atomic E-state index is 4.46. The average Bonchev–Trinajstić information content (AvgIpc) is 2.83. The molecule has 0 bridgehead atoms. The molecule has 0 spiro atoms. The number of aromatic nitrogens is 1. The van der Waals surface area contributed by atoms with Crippen LogP contribution in [0.5, 0.6) is 0 Å². The summed E-state index contributed by atoms with van der Waals surface area (Å²) < 4.78 is 0. The van der Waals surface area contributed by atoms with Gasteiger partial charge in [0.1, 0.15) is 5.01 Å². The first-order valence-electron chi connectivity index (χ1n) is 6.53. The number of hydrogen-bond acceptors (Lipinski definition) is 3. The van der Waals surface area contributed by atoms with Crippen LogP contribution in [-0.2, 0) is 0 Å². The molecular formula is C13H22N2S. The van der Waals surface area contributed by atoms with Crippen molar-refractivity contribution in [1.82, 2.24) is 10.3 Å². The third kappa shape index (κ3) is 3.29. The highest BCUT2D eigenvalue weighted by Gasteiger charge is 2.20. The molecule has 0 aliphatic heterocycles. The van der Waals surface area contributed by atoms with E-state index < -0.39 is 0 Å². The summed E-state index contributed by atoms with van der Waals surface area (Å²) in [5.74, 6) is 0.918. The first kappa shape index (κ1) is 12.1. The summed E-state index contributed by atoms with van der Waals surface area (Å²) in [7, 11) is 0. The number of nitrogens with one attached hydrogen (secondary N) is 1. The van der Waals surface area contributed by atoms with E-state index in [0.717, 1.165) is 12.5 Å². The van der Waals surface area contributed by atoms with Gasteiger partial charge in [0.15, 0.2) is 0 Å². The molecule has 1 unspecified atom stereocenters. The highest BCUT2D eigenvalue weighted by atomic mass is 32.1. The zero-order valence-corrected chi connectivity index (χ0v) is 10.9. The predicted molar refractivity (Wildman–Crippen MR) is 69.7 cm³/mol. The van der Waals surface area contributed by atoms with E-state index in [1.54, 1.807) is 11.3 Å². The van der Waals surface area contributed by atoms with Crippen molar-refractivity contribution in [1.29, 1.82) is 0 Å². The molecule has 2 nitrogen and oxygen atoms in total. The van der Waals surface area contributed by atoms with Gasteiger partial charge in [0.2, 0.25) is 0 Å². The Morgan fingerprint density at radius 3 is 2.88 bits per heavy atom. The van der Waals surface area contributed by atoms with E-state index in [0.29, 0.717) is 6.04 Å². The second-order valence-electron chi connectivity index (χ2n) is 4.72. The molecular weight excluding hydrogens is 216 g/mol. The van der Waals surface area contributed by atoms with Crippen LogP contribution in [0.3, 0.4) is 0 Å². The van der Waals surface area contributed by atoms with Gasteiger partial charge in [-0.25, -0.2) is 4.98 Å². The third-order valence-electron chi connectivity index (χ3n) is 3.49. The Hall–Kier alpha value is -0.410. The quantitative estimate of drug-likeness (QED) is 0.844. The van der Waals surface area contributed by atoms with Gasteiger partial charge in [-0.1, -0.05) is 39.0 Å². The van der Waals surface area contributed by atoms with Crippen LogP contribution in [0.1, 0.15) is 56.5 Å². The van der Waals surface area contributed by atoms with Gasteiger partial charge >= 0.3 is 0 Å². The Balaban J connectivity index is 1.91. The molecule has 1 aromatic rings. The minimum Gasteiger partial charge on any atom is -0.308 e. The van der Waals surface area contributed by atoms with Gasteiger partial charge in [-0.15, -0.1) is 11.3 Å². The van der Waals surface area contributed by atoms with Crippen LogP contribution in [0, 0.1) is 5.92 Å². The van der Waals surface area contributed by atoms with Crippen LogP contribution >= 0.6 is 11.3 Å². The van der Waals surface area contributed by atoms with E-state index in [4.69, 9.17) is 0 Å². The molecule has 1 aromatic heterocycles. The lowest BCUT2D eigenvalue weighted by Crippen LogP contribution is -2.24. The highest BCUT2D eigenvalue weighted by Crippen LogP contribution is 2.32. The summed E-state index contributed by atoms with van der Waals surface area (Å²) in [6.07, 6.45) is 10.4. The van der Waals surface area contributed by atoms with Crippen molar-refractivity contribution in [3.63, 3.8) is 0 Å². The Kier molecular flexibility index (Phi) is 4.79. The van der Waals surface area contributed by atoms with Gasteiger partial charge in [-0.3, -0.25) is 0 Å². The van der Waals surface area contributed by atoms with Crippen molar-refractivity contribution in [2.24, 2.45) is 5.92 Å². The molecule has 0 aromatic carbocycles. The SMILES string of the molecule is CCNC(CC1CCCCC1)c1nccs1. The van der Waals surface area contributed by atoms with Gasteiger partial charge in [-0.05, 0) is 18.9 Å². The normalized spacial score (nSPS) is 19.8. The molecule has 2 rings (SSSR count). The van der Waals surface area contributed by atoms with Crippen LogP contribution in [-0.4, -0.2) is 11.5 Å². The van der Waals surface area contributed by atoms with Crippen LogP contribution in [0.2, 0.25) is 0 Å². The van der Waals surface area contributed by atoms with E-state index in [9.17, 15) is 0 Å². The van der Waals surface area contributed by atoms with Crippen LogP contribution < -0.4 is 5.32 Å². The van der Waals surface area contributed by atoms with E-state index in [1.807, 2.05) is 6.20 Å². The number of thiazole rings is 1. The summed E-state index contributed by atoms with van der Waals surface area (Å²) in [6.45, 7) is 3.22. The van der Waals surface area contributed by atoms with Crippen molar-refractivity contribution < 1.29 is 0 Å². The molecule has 1 fully saturated rings. The molecule has 1 aliphatic rings. The monoisotopic (exact) mass is 238 g/mol. The fourth-order valence-corrected chi connectivity index (χ4v) is 3.41. The fourth-order valence-electron chi connectivity index (χ4n) is 2.68. The van der Waals surface area contributed by atoms with Gasteiger partial charge in [-0.2, -0.15) is 0 Å². The van der Waals surface area contributed by atoms with Crippen LogP contribution in [0.25, 0.3) is 0 Å². The van der Waals surface area contributed by atoms with Gasteiger partial charge in [0.05, 0.1) is 6.04 Å². The molecule has 16 heavy (non-hydrogen) atoms. The molecule has 3 heteroatoms. The first-order valence-corrected chi connectivity index (χ1v) is 7.41. The largest absolute Gasteiger partial charge is 0.308 e. The van der Waals surface area contributed by atoms with E-state index in [2.05, 4.69) is 22.6 Å². The molecule has 1 heterocycles. The Morgan fingerprint density at radius 2 is 2.25 bits per heavy atom.